The molecule has 0 aliphatic carbocycles. The third-order valence-corrected chi connectivity index (χ3v) is 4.97. The van der Waals surface area contributed by atoms with E-state index in [1.807, 2.05) is 18.5 Å². The number of rotatable bonds is 5. The fraction of sp³-hybridized carbons (Fsp3) is 0.500. The summed E-state index contributed by atoms with van der Waals surface area (Å²) in [4.78, 5) is 24.0. The van der Waals surface area contributed by atoms with Gasteiger partial charge in [-0.3, -0.25) is 14.8 Å². The molecule has 4 heterocycles. The minimum absolute atomic E-state index is 0.0528. The number of likely N-dealkylation sites (tertiary alicyclic amines) is 1. The standard InChI is InChI=1S/C18H24N6O/c1-2-9-22-11-8-19-17(22)13-23-10-4-3-5-15(23)14-12-18(25)24-16(21-14)6-7-20-24/h6-8,11-12,15,20H,2-5,9-10,13H2,1H3. The van der Waals surface area contributed by atoms with Gasteiger partial charge < -0.3 is 4.57 Å². The molecule has 1 aliphatic heterocycles. The molecule has 0 amide bonds. The lowest BCUT2D eigenvalue weighted by Crippen LogP contribution is -2.35. The van der Waals surface area contributed by atoms with Gasteiger partial charge >= 0.3 is 0 Å². The molecule has 1 aliphatic rings. The minimum atomic E-state index is -0.0528. The smallest absolute Gasteiger partial charge is 0.272 e. The molecule has 3 aromatic heterocycles. The van der Waals surface area contributed by atoms with E-state index >= 15 is 0 Å². The minimum Gasteiger partial charge on any atom is -0.334 e. The van der Waals surface area contributed by atoms with Gasteiger partial charge in [0.25, 0.3) is 5.56 Å². The number of aromatic nitrogens is 5. The molecular formula is C18H24N6O. The Labute approximate surface area is 146 Å². The molecule has 0 spiro atoms. The van der Waals surface area contributed by atoms with Crippen LogP contribution in [0.3, 0.4) is 0 Å². The largest absolute Gasteiger partial charge is 0.334 e. The maximum Gasteiger partial charge on any atom is 0.272 e. The predicted octanol–water partition coefficient (Wildman–Crippen LogP) is 2.36. The van der Waals surface area contributed by atoms with Gasteiger partial charge in [0.15, 0.2) is 5.65 Å². The van der Waals surface area contributed by atoms with Crippen LogP contribution >= 0.6 is 0 Å². The average Bonchev–Trinajstić information content (AvgIpc) is 3.26. The molecule has 4 rings (SSSR count). The van der Waals surface area contributed by atoms with Crippen molar-refractivity contribution in [2.45, 2.75) is 51.7 Å². The molecule has 132 valence electrons. The molecule has 1 unspecified atom stereocenters. The number of nitrogens with zero attached hydrogens (tertiary/aromatic N) is 5. The van der Waals surface area contributed by atoms with Gasteiger partial charge in [0.05, 0.1) is 18.3 Å². The summed E-state index contributed by atoms with van der Waals surface area (Å²) in [7, 11) is 0. The zero-order chi connectivity index (χ0) is 17.2. The Morgan fingerprint density at radius 3 is 3.16 bits per heavy atom. The van der Waals surface area contributed by atoms with E-state index in [0.717, 1.165) is 44.0 Å². The van der Waals surface area contributed by atoms with Gasteiger partial charge in [-0.1, -0.05) is 13.3 Å². The van der Waals surface area contributed by atoms with Gasteiger partial charge in [0.1, 0.15) is 5.82 Å². The molecular weight excluding hydrogens is 316 g/mol. The maximum absolute atomic E-state index is 12.3. The second kappa shape index (κ2) is 6.84. The van der Waals surface area contributed by atoms with E-state index in [1.165, 1.54) is 17.4 Å². The Morgan fingerprint density at radius 2 is 2.28 bits per heavy atom. The van der Waals surface area contributed by atoms with Gasteiger partial charge in [-0.2, -0.15) is 0 Å². The Bertz CT molecular complexity index is 908. The fourth-order valence-electron chi connectivity index (χ4n) is 3.75. The van der Waals surface area contributed by atoms with E-state index in [1.54, 1.807) is 12.3 Å². The number of aromatic amines is 1. The van der Waals surface area contributed by atoms with Crippen molar-refractivity contribution in [1.82, 2.24) is 29.0 Å². The number of fused-ring (bicyclic) bond motifs is 1. The van der Waals surface area contributed by atoms with Crippen molar-refractivity contribution in [2.75, 3.05) is 6.54 Å². The van der Waals surface area contributed by atoms with Gasteiger partial charge in [-0.25, -0.2) is 14.5 Å². The molecule has 1 N–H and O–H groups in total. The van der Waals surface area contributed by atoms with Crippen LogP contribution in [0.2, 0.25) is 0 Å². The topological polar surface area (TPSA) is 71.2 Å². The summed E-state index contributed by atoms with van der Waals surface area (Å²) in [6.45, 7) is 4.98. The molecule has 0 radical (unpaired) electrons. The van der Waals surface area contributed by atoms with Crippen molar-refractivity contribution < 1.29 is 0 Å². The first-order chi connectivity index (χ1) is 12.3. The summed E-state index contributed by atoms with van der Waals surface area (Å²) in [5.41, 5.74) is 1.50. The lowest BCUT2D eigenvalue weighted by atomic mass is 9.99. The van der Waals surface area contributed by atoms with Crippen LogP contribution in [0.15, 0.2) is 35.5 Å². The third kappa shape index (κ3) is 3.11. The highest BCUT2D eigenvalue weighted by atomic mass is 16.1. The first kappa shape index (κ1) is 16.1. The summed E-state index contributed by atoms with van der Waals surface area (Å²) in [5.74, 6) is 1.09. The molecule has 1 saturated heterocycles. The van der Waals surface area contributed by atoms with Crippen LogP contribution in [0.5, 0.6) is 0 Å². The Hall–Kier alpha value is -2.41. The lowest BCUT2D eigenvalue weighted by Gasteiger charge is -2.35. The van der Waals surface area contributed by atoms with E-state index in [-0.39, 0.29) is 11.6 Å². The zero-order valence-corrected chi connectivity index (χ0v) is 14.6. The van der Waals surface area contributed by atoms with E-state index < -0.39 is 0 Å². The van der Waals surface area contributed by atoms with Crippen LogP contribution in [-0.4, -0.2) is 35.6 Å². The highest BCUT2D eigenvalue weighted by molar-refractivity contribution is 5.37. The van der Waals surface area contributed by atoms with Gasteiger partial charge in [-0.05, 0) is 25.8 Å². The number of nitrogens with one attached hydrogen (secondary N) is 1. The van der Waals surface area contributed by atoms with Crippen molar-refractivity contribution in [2.24, 2.45) is 0 Å². The summed E-state index contributed by atoms with van der Waals surface area (Å²) in [5, 5.41) is 2.90. The van der Waals surface area contributed by atoms with Gasteiger partial charge in [-0.15, -0.1) is 0 Å². The number of H-pyrrole nitrogens is 1. The third-order valence-electron chi connectivity index (χ3n) is 4.97. The van der Waals surface area contributed by atoms with E-state index in [2.05, 4.69) is 26.5 Å². The molecule has 0 aromatic carbocycles. The van der Waals surface area contributed by atoms with Crippen molar-refractivity contribution >= 4 is 5.65 Å². The molecule has 1 atom stereocenters. The molecule has 7 nitrogen and oxygen atoms in total. The summed E-state index contributed by atoms with van der Waals surface area (Å²) in [6, 6.07) is 3.69. The van der Waals surface area contributed by atoms with Crippen LogP contribution in [0, 0.1) is 0 Å². The highest BCUT2D eigenvalue weighted by Gasteiger charge is 2.27. The highest BCUT2D eigenvalue weighted by Crippen LogP contribution is 2.30. The SMILES string of the molecule is CCCn1ccnc1CN1CCCCC1c1cc(=O)n2[nH]ccc2n1. The molecule has 7 heteroatoms. The summed E-state index contributed by atoms with van der Waals surface area (Å²) < 4.78 is 3.70. The number of aryl methyl sites for hydroxylation is 1. The average molecular weight is 340 g/mol. The van der Waals surface area contributed by atoms with Crippen molar-refractivity contribution in [3.05, 3.63) is 52.6 Å². The second-order valence-corrected chi connectivity index (χ2v) is 6.69. The summed E-state index contributed by atoms with van der Waals surface area (Å²) in [6.07, 6.45) is 10.1. The lowest BCUT2D eigenvalue weighted by molar-refractivity contribution is 0.132. The zero-order valence-electron chi connectivity index (χ0n) is 14.6. The number of hydrogen-bond donors (Lipinski definition) is 1. The molecule has 0 bridgehead atoms. The monoisotopic (exact) mass is 340 g/mol. The summed E-state index contributed by atoms with van der Waals surface area (Å²) >= 11 is 0. The van der Waals surface area contributed by atoms with E-state index in [9.17, 15) is 4.79 Å². The Balaban J connectivity index is 1.64. The van der Waals surface area contributed by atoms with Crippen LogP contribution in [-0.2, 0) is 13.1 Å². The quantitative estimate of drug-likeness (QED) is 0.774. The normalized spacial score (nSPS) is 18.8. The van der Waals surface area contributed by atoms with Crippen LogP contribution in [0.25, 0.3) is 5.65 Å². The fourth-order valence-corrected chi connectivity index (χ4v) is 3.75. The van der Waals surface area contributed by atoms with Crippen LogP contribution in [0.1, 0.15) is 50.2 Å². The predicted molar refractivity (Wildman–Crippen MR) is 95.3 cm³/mol. The van der Waals surface area contributed by atoms with E-state index in [0.29, 0.717) is 5.65 Å². The molecule has 25 heavy (non-hydrogen) atoms. The first-order valence-corrected chi connectivity index (χ1v) is 9.07. The first-order valence-electron chi connectivity index (χ1n) is 9.07. The van der Waals surface area contributed by atoms with Crippen LogP contribution < -0.4 is 5.56 Å². The number of imidazole rings is 1. The number of piperidine rings is 1. The number of hydrogen-bond acceptors (Lipinski definition) is 4. The molecule has 1 fully saturated rings. The van der Waals surface area contributed by atoms with Crippen molar-refractivity contribution in [3.63, 3.8) is 0 Å². The van der Waals surface area contributed by atoms with E-state index in [4.69, 9.17) is 4.98 Å². The van der Waals surface area contributed by atoms with Gasteiger partial charge in [0, 0.05) is 37.3 Å². The van der Waals surface area contributed by atoms with Crippen molar-refractivity contribution in [1.29, 1.82) is 0 Å². The molecule has 3 aromatic rings. The maximum atomic E-state index is 12.3. The van der Waals surface area contributed by atoms with Crippen molar-refractivity contribution in [3.8, 4) is 0 Å². The Kier molecular flexibility index (Phi) is 4.40. The van der Waals surface area contributed by atoms with Gasteiger partial charge in [0.2, 0.25) is 0 Å². The second-order valence-electron chi connectivity index (χ2n) is 6.69. The Morgan fingerprint density at radius 1 is 1.36 bits per heavy atom. The molecule has 0 saturated carbocycles. The van der Waals surface area contributed by atoms with Crippen LogP contribution in [0.4, 0.5) is 0 Å².